The average Bonchev–Trinajstić information content (AvgIpc) is 2.34. The topological polar surface area (TPSA) is 73.6 Å². The van der Waals surface area contributed by atoms with Crippen molar-refractivity contribution in [3.05, 3.63) is 53.0 Å². The van der Waals surface area contributed by atoms with Gasteiger partial charge in [-0.15, -0.1) is 0 Å². The highest BCUT2D eigenvalue weighted by Crippen LogP contribution is 2.08. The normalized spacial score (nSPS) is 9.33. The summed E-state index contributed by atoms with van der Waals surface area (Å²) in [7, 11) is -1.37. The average molecular weight is 314 g/mol. The number of aromatic nitrogens is 1. The van der Waals surface area contributed by atoms with Crippen molar-refractivity contribution in [2.45, 2.75) is 0 Å². The SMILES string of the molecule is OB(O)c1ccc(Br)cc1.Oc1cccnc1F. The van der Waals surface area contributed by atoms with E-state index >= 15 is 0 Å². The summed E-state index contributed by atoms with van der Waals surface area (Å²) >= 11 is 3.23. The first-order valence-electron chi connectivity index (χ1n) is 4.92. The van der Waals surface area contributed by atoms with Crippen LogP contribution in [0.4, 0.5) is 4.39 Å². The van der Waals surface area contributed by atoms with Gasteiger partial charge in [-0.2, -0.15) is 4.39 Å². The largest absolute Gasteiger partial charge is 0.504 e. The maximum atomic E-state index is 12.0. The zero-order valence-corrected chi connectivity index (χ0v) is 10.7. The molecule has 0 radical (unpaired) electrons. The summed E-state index contributed by atoms with van der Waals surface area (Å²) < 4.78 is 12.9. The summed E-state index contributed by atoms with van der Waals surface area (Å²) in [6.45, 7) is 0. The quantitative estimate of drug-likeness (QED) is 0.543. The smallest absolute Gasteiger partial charge is 0.488 e. The minimum Gasteiger partial charge on any atom is -0.504 e. The Kier molecular flexibility index (Phi) is 5.77. The molecule has 0 unspecified atom stereocenters. The summed E-state index contributed by atoms with van der Waals surface area (Å²) in [5.74, 6) is -1.24. The maximum Gasteiger partial charge on any atom is 0.488 e. The molecule has 0 aliphatic carbocycles. The van der Waals surface area contributed by atoms with Gasteiger partial charge in [-0.05, 0) is 29.7 Å². The Hall–Kier alpha value is -1.44. The van der Waals surface area contributed by atoms with Gasteiger partial charge < -0.3 is 15.2 Å². The van der Waals surface area contributed by atoms with Gasteiger partial charge in [0.15, 0.2) is 5.75 Å². The molecule has 2 rings (SSSR count). The molecule has 7 heteroatoms. The molecule has 0 saturated heterocycles. The van der Waals surface area contributed by atoms with Crippen LogP contribution in [0.1, 0.15) is 0 Å². The van der Waals surface area contributed by atoms with E-state index in [0.29, 0.717) is 5.46 Å². The Labute approximate surface area is 112 Å². The van der Waals surface area contributed by atoms with Crippen molar-refractivity contribution in [1.29, 1.82) is 0 Å². The number of hydrogen-bond acceptors (Lipinski definition) is 4. The summed E-state index contributed by atoms with van der Waals surface area (Å²) in [6, 6.07) is 9.51. The van der Waals surface area contributed by atoms with Crippen LogP contribution in [0.3, 0.4) is 0 Å². The highest BCUT2D eigenvalue weighted by atomic mass is 79.9. The molecule has 3 N–H and O–H groups in total. The summed E-state index contributed by atoms with van der Waals surface area (Å²) in [4.78, 5) is 3.16. The predicted octanol–water partition coefficient (Wildman–Crippen LogP) is 1.06. The highest BCUT2D eigenvalue weighted by molar-refractivity contribution is 9.10. The lowest BCUT2D eigenvalue weighted by atomic mass is 9.81. The fourth-order valence-corrected chi connectivity index (χ4v) is 1.28. The number of hydrogen-bond donors (Lipinski definition) is 3. The molecular weight excluding hydrogens is 304 g/mol. The van der Waals surface area contributed by atoms with Gasteiger partial charge in [0.05, 0.1) is 0 Å². The first-order valence-corrected chi connectivity index (χ1v) is 5.71. The second-order valence-electron chi connectivity index (χ2n) is 3.24. The molecule has 0 aliphatic rings. The van der Waals surface area contributed by atoms with Crippen molar-refractivity contribution in [3.8, 4) is 5.75 Å². The molecule has 18 heavy (non-hydrogen) atoms. The Morgan fingerprint density at radius 3 is 2.11 bits per heavy atom. The molecule has 0 atom stereocenters. The van der Waals surface area contributed by atoms with Gasteiger partial charge in [-0.3, -0.25) is 0 Å². The van der Waals surface area contributed by atoms with Crippen LogP contribution in [0.2, 0.25) is 0 Å². The summed E-state index contributed by atoms with van der Waals surface area (Å²) in [5, 5.41) is 25.8. The van der Waals surface area contributed by atoms with Crippen LogP contribution in [-0.2, 0) is 0 Å². The van der Waals surface area contributed by atoms with Gasteiger partial charge in [0.25, 0.3) is 5.95 Å². The van der Waals surface area contributed by atoms with Gasteiger partial charge in [0.2, 0.25) is 0 Å². The van der Waals surface area contributed by atoms with Gasteiger partial charge >= 0.3 is 7.12 Å². The molecule has 0 fully saturated rings. The third-order valence-electron chi connectivity index (χ3n) is 1.91. The number of aromatic hydroxyl groups is 1. The van der Waals surface area contributed by atoms with Crippen LogP contribution >= 0.6 is 15.9 Å². The van der Waals surface area contributed by atoms with Crippen LogP contribution in [0.15, 0.2) is 47.1 Å². The van der Waals surface area contributed by atoms with Crippen LogP contribution in [0.5, 0.6) is 5.75 Å². The molecule has 94 valence electrons. The number of rotatable bonds is 1. The first-order chi connectivity index (χ1) is 8.50. The van der Waals surface area contributed by atoms with Crippen LogP contribution in [0.25, 0.3) is 0 Å². The molecule has 1 aromatic carbocycles. The van der Waals surface area contributed by atoms with Crippen LogP contribution in [0, 0.1) is 5.95 Å². The zero-order valence-electron chi connectivity index (χ0n) is 9.16. The molecular formula is C11H10BBrFNO3. The van der Waals surface area contributed by atoms with E-state index in [1.807, 2.05) is 0 Å². The molecule has 0 bridgehead atoms. The van der Waals surface area contributed by atoms with Crippen molar-refractivity contribution >= 4 is 28.5 Å². The Morgan fingerprint density at radius 1 is 1.11 bits per heavy atom. The fraction of sp³-hybridized carbons (Fsp3) is 0. The van der Waals surface area contributed by atoms with Crippen molar-refractivity contribution in [2.24, 2.45) is 0 Å². The van der Waals surface area contributed by atoms with E-state index in [2.05, 4.69) is 20.9 Å². The number of nitrogens with zero attached hydrogens (tertiary/aromatic N) is 1. The van der Waals surface area contributed by atoms with Gasteiger partial charge in [-0.1, -0.05) is 28.1 Å². The third-order valence-corrected chi connectivity index (χ3v) is 2.44. The number of benzene rings is 1. The minimum atomic E-state index is -1.37. The lowest BCUT2D eigenvalue weighted by molar-refractivity contribution is 0.419. The zero-order chi connectivity index (χ0) is 13.5. The monoisotopic (exact) mass is 313 g/mol. The summed E-state index contributed by atoms with van der Waals surface area (Å²) in [5.41, 5.74) is 0.503. The molecule has 0 saturated carbocycles. The van der Waals surface area contributed by atoms with Crippen LogP contribution in [-0.4, -0.2) is 27.3 Å². The Balaban J connectivity index is 0.000000184. The Bertz CT molecular complexity index is 475. The predicted molar refractivity (Wildman–Crippen MR) is 69.8 cm³/mol. The van der Waals surface area contributed by atoms with Gasteiger partial charge in [0.1, 0.15) is 0 Å². The van der Waals surface area contributed by atoms with E-state index in [9.17, 15) is 4.39 Å². The molecule has 4 nitrogen and oxygen atoms in total. The number of pyridine rings is 1. The van der Waals surface area contributed by atoms with Crippen molar-refractivity contribution in [1.82, 2.24) is 4.98 Å². The Morgan fingerprint density at radius 2 is 1.72 bits per heavy atom. The van der Waals surface area contributed by atoms with E-state index in [1.54, 1.807) is 24.3 Å². The molecule has 1 aromatic heterocycles. The molecule has 0 spiro atoms. The third kappa shape index (κ3) is 4.83. The standard InChI is InChI=1S/C6H6BBrO2.C5H4FNO/c8-6-3-1-5(2-4-6)7(9)10;6-5-4(8)2-1-3-7-5/h1-4,9-10H;1-3,8H. The van der Waals surface area contributed by atoms with E-state index in [0.717, 1.165) is 4.47 Å². The van der Waals surface area contributed by atoms with Crippen molar-refractivity contribution in [3.63, 3.8) is 0 Å². The van der Waals surface area contributed by atoms with E-state index in [4.69, 9.17) is 15.2 Å². The molecule has 1 heterocycles. The van der Waals surface area contributed by atoms with Crippen LogP contribution < -0.4 is 5.46 Å². The first kappa shape index (κ1) is 14.6. The van der Waals surface area contributed by atoms with Crippen molar-refractivity contribution < 1.29 is 19.5 Å². The number of halogens is 2. The fourth-order valence-electron chi connectivity index (χ4n) is 1.01. The van der Waals surface area contributed by atoms with Gasteiger partial charge in [0, 0.05) is 10.7 Å². The lowest BCUT2D eigenvalue weighted by Gasteiger charge is -1.96. The van der Waals surface area contributed by atoms with E-state index in [1.165, 1.54) is 18.3 Å². The summed E-state index contributed by atoms with van der Waals surface area (Å²) in [6.07, 6.45) is 1.27. The molecule has 2 aromatic rings. The van der Waals surface area contributed by atoms with E-state index in [-0.39, 0.29) is 0 Å². The second-order valence-corrected chi connectivity index (χ2v) is 4.15. The molecule has 0 aliphatic heterocycles. The maximum absolute atomic E-state index is 12.0. The second kappa shape index (κ2) is 7.10. The minimum absolute atomic E-state index is 0.410. The van der Waals surface area contributed by atoms with Gasteiger partial charge in [-0.25, -0.2) is 4.98 Å². The van der Waals surface area contributed by atoms with E-state index < -0.39 is 18.8 Å². The highest BCUT2D eigenvalue weighted by Gasteiger charge is 2.08. The molecule has 0 amide bonds. The lowest BCUT2D eigenvalue weighted by Crippen LogP contribution is -2.29. The van der Waals surface area contributed by atoms with Crippen molar-refractivity contribution in [2.75, 3.05) is 0 Å².